The molecule has 6 heteroatoms. The molecule has 1 aromatic rings. The van der Waals surface area contributed by atoms with Crippen molar-refractivity contribution in [2.45, 2.75) is 6.23 Å². The molecule has 0 aliphatic carbocycles. The van der Waals surface area contributed by atoms with Gasteiger partial charge in [0.05, 0.1) is 23.6 Å². The molecule has 0 spiro atoms. The average Bonchev–Trinajstić information content (AvgIpc) is 2.80. The van der Waals surface area contributed by atoms with Crippen LogP contribution < -0.4 is 0 Å². The molecule has 15 heavy (non-hydrogen) atoms. The van der Waals surface area contributed by atoms with Crippen LogP contribution in [-0.4, -0.2) is 42.7 Å². The summed E-state index contributed by atoms with van der Waals surface area (Å²) in [6.07, 6.45) is 1.42. The Morgan fingerprint density at radius 3 is 3.00 bits per heavy atom. The van der Waals surface area contributed by atoms with Gasteiger partial charge in [0.15, 0.2) is 6.23 Å². The lowest BCUT2D eigenvalue weighted by Crippen LogP contribution is -2.39. The maximum absolute atomic E-state index is 10.5. The highest BCUT2D eigenvalue weighted by molar-refractivity contribution is 7.09. The average molecular weight is 228 g/mol. The summed E-state index contributed by atoms with van der Waals surface area (Å²) in [5, 5.41) is 0. The predicted octanol–water partition coefficient (Wildman–Crippen LogP) is 0.647. The van der Waals surface area contributed by atoms with Crippen LogP contribution in [0, 0.1) is 0 Å². The number of hydrogen-bond donors (Lipinski definition) is 0. The van der Waals surface area contributed by atoms with Crippen LogP contribution in [0.3, 0.4) is 0 Å². The van der Waals surface area contributed by atoms with Crippen molar-refractivity contribution in [3.8, 4) is 0 Å². The Bertz CT molecular complexity index is 298. The molecule has 2 heterocycles. The summed E-state index contributed by atoms with van der Waals surface area (Å²) in [5.41, 5.74) is 1.73. The van der Waals surface area contributed by atoms with E-state index in [1.54, 1.807) is 11.7 Å². The van der Waals surface area contributed by atoms with Gasteiger partial charge >= 0.3 is 0 Å². The van der Waals surface area contributed by atoms with Crippen LogP contribution in [0.2, 0.25) is 0 Å². The number of carbonyl (C=O) groups excluding carboxylic acids is 1. The Morgan fingerprint density at radius 1 is 1.60 bits per heavy atom. The highest BCUT2D eigenvalue weighted by atomic mass is 32.1. The molecule has 0 amide bonds. The van der Waals surface area contributed by atoms with Gasteiger partial charge in [-0.2, -0.15) is 0 Å². The SMILES string of the molecule is O=COC(c1cncs1)N1CCOCC1. The van der Waals surface area contributed by atoms with E-state index in [9.17, 15) is 4.79 Å². The Morgan fingerprint density at radius 2 is 2.40 bits per heavy atom. The molecule has 1 aliphatic heterocycles. The third-order valence-corrected chi connectivity index (χ3v) is 3.06. The highest BCUT2D eigenvalue weighted by Crippen LogP contribution is 2.25. The van der Waals surface area contributed by atoms with Crippen LogP contribution in [0.4, 0.5) is 0 Å². The van der Waals surface area contributed by atoms with E-state index >= 15 is 0 Å². The molecule has 2 rings (SSSR count). The van der Waals surface area contributed by atoms with Gasteiger partial charge in [-0.25, -0.2) is 0 Å². The molecule has 1 saturated heterocycles. The fourth-order valence-electron chi connectivity index (χ4n) is 1.55. The molecule has 1 fully saturated rings. The molecule has 0 bridgehead atoms. The Kier molecular flexibility index (Phi) is 3.65. The monoisotopic (exact) mass is 228 g/mol. The number of nitrogens with zero attached hydrogens (tertiary/aromatic N) is 2. The maximum atomic E-state index is 10.5. The molecule has 0 radical (unpaired) electrons. The number of hydrogen-bond acceptors (Lipinski definition) is 6. The van der Waals surface area contributed by atoms with Gasteiger partial charge in [-0.15, -0.1) is 11.3 Å². The standard InChI is InChI=1S/C9H12N2O3S/c12-7-14-9(8-5-10-6-15-8)11-1-3-13-4-2-11/h5-7,9H,1-4H2. The van der Waals surface area contributed by atoms with Crippen LogP contribution in [0.15, 0.2) is 11.7 Å². The third kappa shape index (κ3) is 2.53. The topological polar surface area (TPSA) is 51.7 Å². The summed E-state index contributed by atoms with van der Waals surface area (Å²) in [7, 11) is 0. The normalized spacial score (nSPS) is 19.7. The molecule has 0 aromatic carbocycles. The zero-order chi connectivity index (χ0) is 10.5. The zero-order valence-corrected chi connectivity index (χ0v) is 8.98. The first kappa shape index (κ1) is 10.5. The van der Waals surface area contributed by atoms with Gasteiger partial charge < -0.3 is 9.47 Å². The first-order valence-electron chi connectivity index (χ1n) is 4.71. The quantitative estimate of drug-likeness (QED) is 0.708. The van der Waals surface area contributed by atoms with E-state index in [1.165, 1.54) is 11.3 Å². The van der Waals surface area contributed by atoms with Gasteiger partial charge in [-0.05, 0) is 0 Å². The minimum atomic E-state index is -0.307. The number of ether oxygens (including phenoxy) is 2. The van der Waals surface area contributed by atoms with E-state index in [0.717, 1.165) is 18.0 Å². The van der Waals surface area contributed by atoms with E-state index in [0.29, 0.717) is 19.7 Å². The van der Waals surface area contributed by atoms with Gasteiger partial charge in [0.1, 0.15) is 0 Å². The fourth-order valence-corrected chi connectivity index (χ4v) is 2.23. The van der Waals surface area contributed by atoms with Gasteiger partial charge in [-0.3, -0.25) is 14.7 Å². The molecule has 1 atom stereocenters. The van der Waals surface area contributed by atoms with Crippen LogP contribution in [0.25, 0.3) is 0 Å². The highest BCUT2D eigenvalue weighted by Gasteiger charge is 2.24. The van der Waals surface area contributed by atoms with Crippen molar-refractivity contribution in [2.24, 2.45) is 0 Å². The first-order valence-corrected chi connectivity index (χ1v) is 5.59. The van der Waals surface area contributed by atoms with Crippen molar-refractivity contribution in [1.29, 1.82) is 0 Å². The van der Waals surface area contributed by atoms with Crippen molar-refractivity contribution in [3.05, 3.63) is 16.6 Å². The summed E-state index contributed by atoms with van der Waals surface area (Å²) >= 11 is 1.49. The molecule has 5 nitrogen and oxygen atoms in total. The number of morpholine rings is 1. The number of carbonyl (C=O) groups is 1. The summed E-state index contributed by atoms with van der Waals surface area (Å²) in [6, 6.07) is 0. The first-order chi connectivity index (χ1) is 7.42. The summed E-state index contributed by atoms with van der Waals surface area (Å²) < 4.78 is 10.3. The van der Waals surface area contributed by atoms with Crippen molar-refractivity contribution in [2.75, 3.05) is 26.3 Å². The van der Waals surface area contributed by atoms with Crippen LogP contribution >= 0.6 is 11.3 Å². The van der Waals surface area contributed by atoms with E-state index < -0.39 is 0 Å². The third-order valence-electron chi connectivity index (χ3n) is 2.26. The Balaban J connectivity index is 2.07. The van der Waals surface area contributed by atoms with E-state index in [4.69, 9.17) is 9.47 Å². The largest absolute Gasteiger partial charge is 0.443 e. The van der Waals surface area contributed by atoms with Crippen LogP contribution in [0.1, 0.15) is 11.1 Å². The van der Waals surface area contributed by atoms with Crippen molar-refractivity contribution >= 4 is 17.8 Å². The molecule has 82 valence electrons. The zero-order valence-electron chi connectivity index (χ0n) is 8.17. The molecule has 1 aromatic heterocycles. The predicted molar refractivity (Wildman–Crippen MR) is 54.4 cm³/mol. The van der Waals surface area contributed by atoms with Crippen molar-refractivity contribution in [1.82, 2.24) is 9.88 Å². The van der Waals surface area contributed by atoms with Crippen molar-refractivity contribution < 1.29 is 14.3 Å². The van der Waals surface area contributed by atoms with E-state index in [2.05, 4.69) is 9.88 Å². The van der Waals surface area contributed by atoms with Gasteiger partial charge in [0, 0.05) is 19.3 Å². The van der Waals surface area contributed by atoms with E-state index in [-0.39, 0.29) is 6.23 Å². The molecule has 1 aliphatic rings. The van der Waals surface area contributed by atoms with Gasteiger partial charge in [-0.1, -0.05) is 0 Å². The maximum Gasteiger partial charge on any atom is 0.294 e. The number of aromatic nitrogens is 1. The molecular weight excluding hydrogens is 216 g/mol. The van der Waals surface area contributed by atoms with Crippen LogP contribution in [0.5, 0.6) is 0 Å². The fraction of sp³-hybridized carbons (Fsp3) is 0.556. The molecule has 1 unspecified atom stereocenters. The van der Waals surface area contributed by atoms with Crippen LogP contribution in [-0.2, 0) is 14.3 Å². The lowest BCUT2D eigenvalue weighted by atomic mass is 10.3. The van der Waals surface area contributed by atoms with Gasteiger partial charge in [0.2, 0.25) is 0 Å². The van der Waals surface area contributed by atoms with Gasteiger partial charge in [0.25, 0.3) is 6.47 Å². The van der Waals surface area contributed by atoms with E-state index in [1.807, 2.05) is 0 Å². The second-order valence-corrected chi connectivity index (χ2v) is 4.05. The lowest BCUT2D eigenvalue weighted by Gasteiger charge is -2.31. The Labute approximate surface area is 91.6 Å². The summed E-state index contributed by atoms with van der Waals surface area (Å²) in [5.74, 6) is 0. The number of rotatable bonds is 4. The minimum absolute atomic E-state index is 0.307. The smallest absolute Gasteiger partial charge is 0.294 e. The Hall–Kier alpha value is -0.980. The second kappa shape index (κ2) is 5.20. The minimum Gasteiger partial charge on any atom is -0.443 e. The second-order valence-electron chi connectivity index (χ2n) is 3.14. The summed E-state index contributed by atoms with van der Waals surface area (Å²) in [4.78, 5) is 17.5. The van der Waals surface area contributed by atoms with Crippen molar-refractivity contribution in [3.63, 3.8) is 0 Å². The lowest BCUT2D eigenvalue weighted by molar-refractivity contribution is -0.148. The molecule has 0 N–H and O–H groups in total. The molecule has 0 saturated carbocycles. The molecular formula is C9H12N2O3S. The summed E-state index contributed by atoms with van der Waals surface area (Å²) in [6.45, 7) is 3.39. The number of thiazole rings is 1.